The number of aromatic nitrogens is 3. The number of ether oxygens (including phenoxy) is 3. The lowest BCUT2D eigenvalue weighted by molar-refractivity contribution is 0.287. The van der Waals surface area contributed by atoms with Gasteiger partial charge in [0.2, 0.25) is 0 Å². The number of rotatable bonds is 12. The molecule has 0 unspecified atom stereocenters. The van der Waals surface area contributed by atoms with Crippen LogP contribution < -0.4 is 0 Å². The first-order valence-corrected chi connectivity index (χ1v) is 11.7. The van der Waals surface area contributed by atoms with Crippen molar-refractivity contribution in [2.45, 2.75) is 80.1 Å². The molecule has 1 rings (SSSR count). The summed E-state index contributed by atoms with van der Waals surface area (Å²) in [6, 6.07) is -2.12. The maximum atomic E-state index is 8.41. The summed E-state index contributed by atoms with van der Waals surface area (Å²) >= 11 is 0. The molecule has 0 fully saturated rings. The molecule has 3 N–H and O–H groups in total. The third kappa shape index (κ3) is 24.9. The van der Waals surface area contributed by atoms with Crippen LogP contribution in [0.1, 0.15) is 80.1 Å². The molecule has 1 aromatic heterocycles. The van der Waals surface area contributed by atoms with Gasteiger partial charge in [-0.25, -0.2) is 0 Å². The minimum Gasteiger partial charge on any atom is -0.479 e. The Hall–Kier alpha value is -3.75. The molecule has 0 radical (unpaired) electrons. The van der Waals surface area contributed by atoms with E-state index in [1.54, 1.807) is 0 Å². The molecule has 0 saturated carbocycles. The Kier molecular flexibility index (Phi) is 23.5. The molecule has 0 aliphatic heterocycles. The largest absolute Gasteiger partial charge is 0.479 e. The molecule has 0 aliphatic rings. The van der Waals surface area contributed by atoms with Gasteiger partial charge in [-0.3, -0.25) is 0 Å². The van der Waals surface area contributed by atoms with Gasteiger partial charge in [0.25, 0.3) is 0 Å². The molecular weight excluding hydrogens is 462 g/mol. The Morgan fingerprint density at radius 2 is 0.583 bits per heavy atom. The summed E-state index contributed by atoms with van der Waals surface area (Å²) in [6.07, 6.45) is 5.16. The van der Waals surface area contributed by atoms with Gasteiger partial charge in [-0.15, -0.1) is 15.0 Å². The Morgan fingerprint density at radius 1 is 0.444 bits per heavy atom. The number of aromatic hydroxyl groups is 3. The van der Waals surface area contributed by atoms with Gasteiger partial charge in [0, 0.05) is 38.5 Å². The van der Waals surface area contributed by atoms with Crippen molar-refractivity contribution in [3.8, 4) is 18.0 Å². The predicted octanol–water partition coefficient (Wildman–Crippen LogP) is 7.54. The highest BCUT2D eigenvalue weighted by Gasteiger charge is 1.99. The van der Waals surface area contributed by atoms with E-state index < -0.39 is 18.0 Å². The van der Waals surface area contributed by atoms with E-state index >= 15 is 0 Å². The molecule has 0 atom stereocenters. The van der Waals surface area contributed by atoms with Crippen molar-refractivity contribution in [3.05, 3.63) is 74.0 Å². The molecule has 0 spiro atoms. The monoisotopic (exact) mass is 507 g/mol. The number of hydrogen-bond donors (Lipinski definition) is 3. The molecule has 36 heavy (non-hydrogen) atoms. The molecule has 9 nitrogen and oxygen atoms in total. The third-order valence-corrected chi connectivity index (χ3v) is 3.83. The quantitative estimate of drug-likeness (QED) is 0.246. The van der Waals surface area contributed by atoms with Crippen LogP contribution in [0.2, 0.25) is 0 Å². The second kappa shape index (κ2) is 23.0. The second-order valence-corrected chi connectivity index (χ2v) is 6.89. The highest BCUT2D eigenvalue weighted by atomic mass is 16.5. The number of allylic oxidation sites excluding steroid dienone is 6. The summed E-state index contributed by atoms with van der Waals surface area (Å²) in [5.74, 6) is 4.76. The molecule has 0 amide bonds. The standard InChI is InChI=1S/3C8H14O.C3H3N3O3/c3*1-5-7(3)9-8(4)6-2;7-1-4-2(8)6-3(9)5-1/h3*3-6H2,1-2H3;(H3,4,5,6,7,8,9). The van der Waals surface area contributed by atoms with Crippen LogP contribution in [0.4, 0.5) is 0 Å². The molecule has 0 saturated heterocycles. The van der Waals surface area contributed by atoms with Crippen LogP contribution in [-0.4, -0.2) is 30.3 Å². The summed E-state index contributed by atoms with van der Waals surface area (Å²) in [4.78, 5) is 8.89. The van der Waals surface area contributed by atoms with Crippen LogP contribution in [-0.2, 0) is 14.2 Å². The van der Waals surface area contributed by atoms with Crippen molar-refractivity contribution in [1.29, 1.82) is 0 Å². The number of hydrogen-bond acceptors (Lipinski definition) is 9. The van der Waals surface area contributed by atoms with Gasteiger partial charge in [-0.05, 0) is 0 Å². The van der Waals surface area contributed by atoms with Crippen molar-refractivity contribution in [3.63, 3.8) is 0 Å². The van der Waals surface area contributed by atoms with Crippen LogP contribution >= 0.6 is 0 Å². The molecule has 9 heteroatoms. The van der Waals surface area contributed by atoms with E-state index in [4.69, 9.17) is 29.5 Å². The van der Waals surface area contributed by atoms with Crippen LogP contribution in [0.3, 0.4) is 0 Å². The minimum atomic E-state index is -0.708. The first-order valence-electron chi connectivity index (χ1n) is 11.7. The van der Waals surface area contributed by atoms with E-state index in [1.807, 2.05) is 41.5 Å². The molecular formula is C27H45N3O6. The van der Waals surface area contributed by atoms with Crippen molar-refractivity contribution < 1.29 is 29.5 Å². The van der Waals surface area contributed by atoms with E-state index in [0.717, 1.165) is 73.1 Å². The first kappa shape index (κ1) is 36.8. The van der Waals surface area contributed by atoms with Gasteiger partial charge in [0.05, 0.1) is 34.6 Å². The van der Waals surface area contributed by atoms with Crippen molar-refractivity contribution in [1.82, 2.24) is 15.0 Å². The van der Waals surface area contributed by atoms with E-state index in [2.05, 4.69) is 54.4 Å². The maximum absolute atomic E-state index is 8.41. The van der Waals surface area contributed by atoms with Gasteiger partial charge in [0.15, 0.2) is 0 Å². The molecule has 1 aromatic rings. The van der Waals surface area contributed by atoms with Crippen LogP contribution in [0.25, 0.3) is 0 Å². The highest BCUT2D eigenvalue weighted by Crippen LogP contribution is 2.10. The lowest BCUT2D eigenvalue weighted by Crippen LogP contribution is -1.86. The van der Waals surface area contributed by atoms with Crippen molar-refractivity contribution in [2.75, 3.05) is 0 Å². The lowest BCUT2D eigenvalue weighted by Gasteiger charge is -2.05. The predicted molar refractivity (Wildman–Crippen MR) is 145 cm³/mol. The van der Waals surface area contributed by atoms with Gasteiger partial charge < -0.3 is 29.5 Å². The number of nitrogens with zero attached hydrogens (tertiary/aromatic N) is 3. The Labute approximate surface area is 216 Å². The van der Waals surface area contributed by atoms with Crippen LogP contribution in [0.15, 0.2) is 74.0 Å². The zero-order valence-electron chi connectivity index (χ0n) is 22.9. The van der Waals surface area contributed by atoms with Crippen molar-refractivity contribution >= 4 is 0 Å². The lowest BCUT2D eigenvalue weighted by atomic mass is 10.4. The fourth-order valence-corrected chi connectivity index (χ4v) is 1.39. The van der Waals surface area contributed by atoms with E-state index in [1.165, 1.54) is 0 Å². The summed E-state index contributed by atoms with van der Waals surface area (Å²) in [7, 11) is 0. The Balaban J connectivity index is -0.000000403. The maximum Gasteiger partial charge on any atom is 0.323 e. The van der Waals surface area contributed by atoms with Crippen LogP contribution in [0, 0.1) is 0 Å². The van der Waals surface area contributed by atoms with Gasteiger partial charge in [-0.1, -0.05) is 81.0 Å². The zero-order chi connectivity index (χ0) is 28.7. The zero-order valence-corrected chi connectivity index (χ0v) is 22.9. The van der Waals surface area contributed by atoms with Gasteiger partial charge in [0.1, 0.15) is 0 Å². The molecule has 0 aromatic carbocycles. The van der Waals surface area contributed by atoms with E-state index in [0.29, 0.717) is 0 Å². The Bertz CT molecular complexity index is 686. The van der Waals surface area contributed by atoms with Crippen LogP contribution in [0.5, 0.6) is 18.0 Å². The van der Waals surface area contributed by atoms with Gasteiger partial charge >= 0.3 is 18.0 Å². The topological polar surface area (TPSA) is 127 Å². The average Bonchev–Trinajstić information content (AvgIpc) is 2.83. The minimum absolute atomic E-state index is 0.708. The normalized spacial score (nSPS) is 8.83. The summed E-state index contributed by atoms with van der Waals surface area (Å²) in [5.41, 5.74) is 0. The summed E-state index contributed by atoms with van der Waals surface area (Å²) in [5, 5.41) is 25.2. The fraction of sp³-hybridized carbons (Fsp3) is 0.444. The SMILES string of the molecule is C=C(CC)OC(=C)CC.C=C(CC)OC(=C)CC.C=C(CC)OC(=C)CC.Oc1nc(O)nc(O)n1. The molecule has 0 aliphatic carbocycles. The fourth-order valence-electron chi connectivity index (χ4n) is 1.39. The first-order chi connectivity index (χ1) is 16.8. The second-order valence-electron chi connectivity index (χ2n) is 6.89. The summed E-state index contributed by atoms with van der Waals surface area (Å²) in [6.45, 7) is 34.1. The smallest absolute Gasteiger partial charge is 0.323 e. The Morgan fingerprint density at radius 3 is 0.694 bits per heavy atom. The van der Waals surface area contributed by atoms with Crippen molar-refractivity contribution in [2.24, 2.45) is 0 Å². The molecule has 204 valence electrons. The molecule has 0 bridgehead atoms. The summed E-state index contributed by atoms with van der Waals surface area (Å²) < 4.78 is 15.5. The average molecular weight is 508 g/mol. The molecule has 1 heterocycles. The third-order valence-electron chi connectivity index (χ3n) is 3.83. The highest BCUT2D eigenvalue weighted by molar-refractivity contribution is 5.04. The van der Waals surface area contributed by atoms with Gasteiger partial charge in [-0.2, -0.15) is 0 Å². The van der Waals surface area contributed by atoms with E-state index in [-0.39, 0.29) is 0 Å². The van der Waals surface area contributed by atoms with E-state index in [9.17, 15) is 0 Å².